The minimum absolute atomic E-state index is 0.229. The number of aliphatic hydroxyl groups excluding tert-OH is 1. The van der Waals surface area contributed by atoms with Crippen molar-refractivity contribution in [3.63, 3.8) is 0 Å². The lowest BCUT2D eigenvalue weighted by atomic mass is 10.0. The molecule has 3 rings (SSSR count). The molecule has 1 N–H and O–H groups in total. The maximum atomic E-state index is 13.2. The van der Waals surface area contributed by atoms with Crippen molar-refractivity contribution in [1.82, 2.24) is 9.55 Å². The summed E-state index contributed by atoms with van der Waals surface area (Å²) < 4.78 is 1.82. The van der Waals surface area contributed by atoms with Crippen LogP contribution in [-0.4, -0.2) is 20.4 Å². The van der Waals surface area contributed by atoms with Gasteiger partial charge in [-0.3, -0.25) is 9.36 Å². The van der Waals surface area contributed by atoms with Gasteiger partial charge >= 0.3 is 0 Å². The molecule has 1 aromatic heterocycles. The number of imidazole rings is 1. The van der Waals surface area contributed by atoms with Crippen LogP contribution in [-0.2, 0) is 13.0 Å². The van der Waals surface area contributed by atoms with Gasteiger partial charge in [0, 0.05) is 28.0 Å². The Morgan fingerprint density at radius 1 is 1.15 bits per heavy atom. The molecular weight excluding hydrogens is 371 g/mol. The predicted molar refractivity (Wildman–Crippen MR) is 103 cm³/mol. The first kappa shape index (κ1) is 18.6. The highest BCUT2D eigenvalue weighted by Crippen LogP contribution is 2.28. The summed E-state index contributed by atoms with van der Waals surface area (Å²) in [5.41, 5.74) is 2.37. The monoisotopic (exact) mass is 388 g/mol. The van der Waals surface area contributed by atoms with Gasteiger partial charge in [-0.05, 0) is 36.8 Å². The molecule has 0 aliphatic heterocycles. The predicted octanol–water partition coefficient (Wildman–Crippen LogP) is 4.85. The van der Waals surface area contributed by atoms with E-state index < -0.39 is 0 Å². The van der Waals surface area contributed by atoms with Gasteiger partial charge in [0.2, 0.25) is 0 Å². The minimum atomic E-state index is -0.230. The van der Waals surface area contributed by atoms with Crippen molar-refractivity contribution >= 4 is 29.0 Å². The fourth-order valence-electron chi connectivity index (χ4n) is 2.94. The summed E-state index contributed by atoms with van der Waals surface area (Å²) in [5, 5.41) is 10.5. The van der Waals surface area contributed by atoms with E-state index in [0.717, 1.165) is 18.5 Å². The Morgan fingerprint density at radius 3 is 2.62 bits per heavy atom. The molecule has 0 amide bonds. The molecule has 0 aliphatic carbocycles. The molecule has 0 aliphatic rings. The molecule has 134 valence electrons. The molecule has 1 heterocycles. The van der Waals surface area contributed by atoms with Gasteiger partial charge in [-0.1, -0.05) is 48.7 Å². The summed E-state index contributed by atoms with van der Waals surface area (Å²) in [5.74, 6) is 0.247. The SMILES string of the molecule is CCCc1cnc(CO)n1-c1ccc(Cl)cc1C(=O)c1ccccc1Cl. The molecule has 4 nitrogen and oxygen atoms in total. The standard InChI is InChI=1S/C20H18Cl2N2O2/c1-2-5-14-11-23-19(12-25)24(14)18-9-8-13(21)10-16(18)20(26)15-6-3-4-7-17(15)22/h3-4,6-11,25H,2,5,12H2,1H3. The molecule has 0 fully saturated rings. The van der Waals surface area contributed by atoms with Crippen molar-refractivity contribution in [2.24, 2.45) is 0 Å². The number of aromatic nitrogens is 2. The average Bonchev–Trinajstić information content (AvgIpc) is 3.04. The quantitative estimate of drug-likeness (QED) is 0.613. The molecule has 6 heteroatoms. The van der Waals surface area contributed by atoms with Gasteiger partial charge in [0.05, 0.1) is 10.7 Å². The van der Waals surface area contributed by atoms with E-state index in [0.29, 0.717) is 32.7 Å². The third-order valence-corrected chi connectivity index (χ3v) is 4.68. The number of ketones is 1. The Balaban J connectivity index is 2.21. The lowest BCUT2D eigenvalue weighted by molar-refractivity contribution is 0.103. The Kier molecular flexibility index (Phi) is 5.77. The number of carbonyl (C=O) groups excluding carboxylic acids is 1. The zero-order valence-electron chi connectivity index (χ0n) is 14.2. The van der Waals surface area contributed by atoms with Crippen LogP contribution in [0.15, 0.2) is 48.7 Å². The van der Waals surface area contributed by atoms with Crippen LogP contribution in [0.25, 0.3) is 5.69 Å². The van der Waals surface area contributed by atoms with E-state index in [2.05, 4.69) is 11.9 Å². The number of hydrogen-bond acceptors (Lipinski definition) is 3. The van der Waals surface area contributed by atoms with Crippen molar-refractivity contribution < 1.29 is 9.90 Å². The van der Waals surface area contributed by atoms with E-state index >= 15 is 0 Å². The van der Waals surface area contributed by atoms with Gasteiger partial charge in [-0.15, -0.1) is 0 Å². The molecule has 2 aromatic carbocycles. The molecule has 0 saturated carbocycles. The Bertz CT molecular complexity index is 951. The van der Waals surface area contributed by atoms with Crippen LogP contribution in [0.5, 0.6) is 0 Å². The second-order valence-electron chi connectivity index (χ2n) is 5.88. The highest BCUT2D eigenvalue weighted by atomic mass is 35.5. The molecule has 0 radical (unpaired) electrons. The third kappa shape index (κ3) is 3.54. The fourth-order valence-corrected chi connectivity index (χ4v) is 3.34. The topological polar surface area (TPSA) is 55.1 Å². The second kappa shape index (κ2) is 8.04. The number of nitrogens with zero attached hydrogens (tertiary/aromatic N) is 2. The van der Waals surface area contributed by atoms with Crippen molar-refractivity contribution in [1.29, 1.82) is 0 Å². The van der Waals surface area contributed by atoms with Crippen molar-refractivity contribution in [2.75, 3.05) is 0 Å². The summed E-state index contributed by atoms with van der Waals surface area (Å²) in [6.45, 7) is 1.83. The number of carbonyl (C=O) groups is 1. The maximum Gasteiger partial charge on any atom is 0.196 e. The molecule has 0 bridgehead atoms. The van der Waals surface area contributed by atoms with E-state index in [1.54, 1.807) is 48.7 Å². The first-order valence-electron chi connectivity index (χ1n) is 8.32. The maximum absolute atomic E-state index is 13.2. The van der Waals surface area contributed by atoms with Crippen LogP contribution >= 0.6 is 23.2 Å². The number of rotatable bonds is 6. The molecular formula is C20H18Cl2N2O2. The number of halogens is 2. The summed E-state index contributed by atoms with van der Waals surface area (Å²) in [6, 6.07) is 12.0. The molecule has 3 aromatic rings. The summed E-state index contributed by atoms with van der Waals surface area (Å²) in [4.78, 5) is 17.5. The molecule has 0 spiro atoms. The molecule has 0 saturated heterocycles. The van der Waals surface area contributed by atoms with Crippen LogP contribution in [0.4, 0.5) is 0 Å². The second-order valence-corrected chi connectivity index (χ2v) is 6.72. The normalized spacial score (nSPS) is 10.9. The van der Waals surface area contributed by atoms with Crippen LogP contribution in [0.1, 0.15) is 40.8 Å². The van der Waals surface area contributed by atoms with Gasteiger partial charge in [-0.25, -0.2) is 4.98 Å². The van der Waals surface area contributed by atoms with Crippen LogP contribution in [0.3, 0.4) is 0 Å². The van der Waals surface area contributed by atoms with E-state index in [4.69, 9.17) is 23.2 Å². The Labute approximate surface area is 162 Å². The van der Waals surface area contributed by atoms with E-state index in [-0.39, 0.29) is 12.4 Å². The largest absolute Gasteiger partial charge is 0.388 e. The lowest BCUT2D eigenvalue weighted by Gasteiger charge is -2.16. The minimum Gasteiger partial charge on any atom is -0.388 e. The smallest absolute Gasteiger partial charge is 0.196 e. The third-order valence-electron chi connectivity index (χ3n) is 4.12. The summed E-state index contributed by atoms with van der Waals surface area (Å²) in [7, 11) is 0. The van der Waals surface area contributed by atoms with Gasteiger partial charge in [0.15, 0.2) is 5.78 Å². The first-order valence-corrected chi connectivity index (χ1v) is 9.08. The van der Waals surface area contributed by atoms with Crippen molar-refractivity contribution in [3.8, 4) is 5.69 Å². The van der Waals surface area contributed by atoms with Crippen LogP contribution in [0.2, 0.25) is 10.0 Å². The van der Waals surface area contributed by atoms with E-state index in [1.165, 1.54) is 0 Å². The van der Waals surface area contributed by atoms with Gasteiger partial charge in [-0.2, -0.15) is 0 Å². The van der Waals surface area contributed by atoms with E-state index in [1.807, 2.05) is 4.57 Å². The highest BCUT2D eigenvalue weighted by molar-refractivity contribution is 6.35. The van der Waals surface area contributed by atoms with Gasteiger partial charge in [0.1, 0.15) is 12.4 Å². The zero-order chi connectivity index (χ0) is 18.7. The highest BCUT2D eigenvalue weighted by Gasteiger charge is 2.21. The fraction of sp³-hybridized carbons (Fsp3) is 0.200. The number of aliphatic hydroxyl groups is 1. The first-order chi connectivity index (χ1) is 12.6. The van der Waals surface area contributed by atoms with Crippen molar-refractivity contribution in [2.45, 2.75) is 26.4 Å². The average molecular weight is 389 g/mol. The van der Waals surface area contributed by atoms with Gasteiger partial charge < -0.3 is 5.11 Å². The summed E-state index contributed by atoms with van der Waals surface area (Å²) in [6.07, 6.45) is 3.42. The Hall–Kier alpha value is -2.14. The molecule has 0 unspecified atom stereocenters. The van der Waals surface area contributed by atoms with Crippen LogP contribution in [0, 0.1) is 0 Å². The zero-order valence-corrected chi connectivity index (χ0v) is 15.8. The van der Waals surface area contributed by atoms with E-state index in [9.17, 15) is 9.90 Å². The molecule has 0 atom stereocenters. The number of benzene rings is 2. The van der Waals surface area contributed by atoms with Gasteiger partial charge in [0.25, 0.3) is 0 Å². The number of aryl methyl sites for hydroxylation is 1. The van der Waals surface area contributed by atoms with Crippen LogP contribution < -0.4 is 0 Å². The van der Waals surface area contributed by atoms with Crippen molar-refractivity contribution in [3.05, 3.63) is 81.4 Å². The number of hydrogen-bond donors (Lipinski definition) is 1. The molecule has 26 heavy (non-hydrogen) atoms. The Morgan fingerprint density at radius 2 is 1.92 bits per heavy atom. The lowest BCUT2D eigenvalue weighted by Crippen LogP contribution is -2.12. The summed E-state index contributed by atoms with van der Waals surface area (Å²) >= 11 is 12.4.